The average Bonchev–Trinajstić information content (AvgIpc) is 3.05. The Morgan fingerprint density at radius 2 is 2.17 bits per heavy atom. The monoisotopic (exact) mass is 329 g/mol. The largest absolute Gasteiger partial charge is 0.326 e. The topological polar surface area (TPSA) is 54.0 Å². The third kappa shape index (κ3) is 2.76. The molecule has 2 heterocycles. The molecule has 1 saturated carbocycles. The predicted molar refractivity (Wildman–Crippen MR) is 95.0 cm³/mol. The van der Waals surface area contributed by atoms with Crippen LogP contribution >= 0.6 is 11.3 Å². The summed E-state index contributed by atoms with van der Waals surface area (Å²) in [6.07, 6.45) is 3.33. The smallest absolute Gasteiger partial charge is 0.228 e. The normalized spacial score (nSPS) is 22.7. The molecule has 4 rings (SSSR count). The van der Waals surface area contributed by atoms with Gasteiger partial charge in [0.25, 0.3) is 0 Å². The Kier molecular flexibility index (Phi) is 3.65. The van der Waals surface area contributed by atoms with Gasteiger partial charge in [0.1, 0.15) is 0 Å². The summed E-state index contributed by atoms with van der Waals surface area (Å²) in [7, 11) is 0. The van der Waals surface area contributed by atoms with Crippen LogP contribution in [-0.4, -0.2) is 24.0 Å². The number of carbonyl (C=O) groups excluding carboxylic acids is 1. The summed E-state index contributed by atoms with van der Waals surface area (Å²) >= 11 is 1.72. The minimum absolute atomic E-state index is 0.194. The van der Waals surface area contributed by atoms with Crippen LogP contribution < -0.4 is 10.6 Å². The van der Waals surface area contributed by atoms with Crippen molar-refractivity contribution in [3.8, 4) is 0 Å². The molecule has 1 aliphatic heterocycles. The quantitative estimate of drug-likeness (QED) is 0.902. The highest BCUT2D eigenvalue weighted by molar-refractivity contribution is 7.18. The zero-order valence-electron chi connectivity index (χ0n) is 13.7. The molecule has 1 atom stereocenters. The van der Waals surface area contributed by atoms with Crippen LogP contribution in [-0.2, 0) is 4.79 Å². The predicted octanol–water partition coefficient (Wildman–Crippen LogP) is 3.75. The minimum atomic E-state index is 0.194. The number of thiazole rings is 1. The van der Waals surface area contributed by atoms with E-state index in [0.29, 0.717) is 5.92 Å². The number of hydrogen-bond acceptors (Lipinski definition) is 4. The number of nitrogens with zero attached hydrogens (tertiary/aromatic N) is 1. The molecule has 1 spiro atoms. The molecule has 1 saturated heterocycles. The SMILES string of the molecule is CC(C)c1nc2ccc(NC(=O)C3CC34CCNCC4)cc2s1. The van der Waals surface area contributed by atoms with Gasteiger partial charge in [0.15, 0.2) is 0 Å². The number of aromatic nitrogens is 1. The Labute approximate surface area is 140 Å². The molecule has 1 amide bonds. The van der Waals surface area contributed by atoms with E-state index in [1.807, 2.05) is 12.1 Å². The third-order valence-corrected chi connectivity index (χ3v) is 6.59. The van der Waals surface area contributed by atoms with Crippen LogP contribution in [0.15, 0.2) is 18.2 Å². The Balaban J connectivity index is 1.48. The Morgan fingerprint density at radius 1 is 1.39 bits per heavy atom. The van der Waals surface area contributed by atoms with Gasteiger partial charge in [-0.05, 0) is 56.0 Å². The number of anilines is 1. The molecule has 23 heavy (non-hydrogen) atoms. The summed E-state index contributed by atoms with van der Waals surface area (Å²) in [6.45, 7) is 6.42. The lowest BCUT2D eigenvalue weighted by atomic mass is 9.92. The number of carbonyl (C=O) groups is 1. The molecule has 1 aromatic carbocycles. The molecule has 5 heteroatoms. The van der Waals surface area contributed by atoms with Crippen LogP contribution in [0.3, 0.4) is 0 Å². The number of benzene rings is 1. The molecule has 2 fully saturated rings. The number of fused-ring (bicyclic) bond motifs is 1. The van der Waals surface area contributed by atoms with Gasteiger partial charge in [-0.2, -0.15) is 0 Å². The highest BCUT2D eigenvalue weighted by Crippen LogP contribution is 2.58. The van der Waals surface area contributed by atoms with Crippen molar-refractivity contribution >= 4 is 33.1 Å². The summed E-state index contributed by atoms with van der Waals surface area (Å²) in [6, 6.07) is 6.05. The van der Waals surface area contributed by atoms with Crippen molar-refractivity contribution in [2.75, 3.05) is 18.4 Å². The van der Waals surface area contributed by atoms with E-state index in [4.69, 9.17) is 0 Å². The molecule has 2 aliphatic rings. The second kappa shape index (κ2) is 5.56. The Bertz CT molecular complexity index is 746. The third-order valence-electron chi connectivity index (χ3n) is 5.27. The number of piperidine rings is 1. The molecule has 2 aromatic rings. The molecule has 0 radical (unpaired) electrons. The maximum Gasteiger partial charge on any atom is 0.228 e. The average molecular weight is 329 g/mol. The van der Waals surface area contributed by atoms with Crippen molar-refractivity contribution in [2.24, 2.45) is 11.3 Å². The van der Waals surface area contributed by atoms with E-state index in [9.17, 15) is 4.79 Å². The summed E-state index contributed by atoms with van der Waals surface area (Å²) in [5, 5.41) is 7.66. The van der Waals surface area contributed by atoms with Crippen LogP contribution in [0.4, 0.5) is 5.69 Å². The molecular weight excluding hydrogens is 306 g/mol. The highest BCUT2D eigenvalue weighted by Gasteiger charge is 2.57. The molecule has 2 N–H and O–H groups in total. The van der Waals surface area contributed by atoms with Gasteiger partial charge in [0.05, 0.1) is 15.2 Å². The first-order valence-electron chi connectivity index (χ1n) is 8.49. The number of amides is 1. The van der Waals surface area contributed by atoms with Crippen LogP contribution in [0, 0.1) is 11.3 Å². The van der Waals surface area contributed by atoms with Crippen LogP contribution in [0.2, 0.25) is 0 Å². The summed E-state index contributed by atoms with van der Waals surface area (Å²) in [4.78, 5) is 17.2. The lowest BCUT2D eigenvalue weighted by Gasteiger charge is -2.23. The van der Waals surface area contributed by atoms with Crippen molar-refractivity contribution in [1.82, 2.24) is 10.3 Å². The first-order valence-corrected chi connectivity index (χ1v) is 9.31. The van der Waals surface area contributed by atoms with Gasteiger partial charge >= 0.3 is 0 Å². The van der Waals surface area contributed by atoms with E-state index in [0.717, 1.165) is 53.3 Å². The maximum absolute atomic E-state index is 12.6. The summed E-state index contributed by atoms with van der Waals surface area (Å²) in [5.74, 6) is 0.838. The molecule has 1 aliphatic carbocycles. The van der Waals surface area contributed by atoms with Gasteiger partial charge in [-0.1, -0.05) is 13.8 Å². The number of hydrogen-bond donors (Lipinski definition) is 2. The van der Waals surface area contributed by atoms with E-state index in [1.54, 1.807) is 11.3 Å². The number of rotatable bonds is 3. The van der Waals surface area contributed by atoms with Crippen molar-refractivity contribution in [2.45, 2.75) is 39.0 Å². The van der Waals surface area contributed by atoms with E-state index >= 15 is 0 Å². The van der Waals surface area contributed by atoms with Crippen molar-refractivity contribution in [3.63, 3.8) is 0 Å². The second-order valence-electron chi connectivity index (χ2n) is 7.25. The first-order chi connectivity index (χ1) is 11.1. The van der Waals surface area contributed by atoms with E-state index in [1.165, 1.54) is 0 Å². The zero-order valence-corrected chi connectivity index (χ0v) is 14.5. The highest BCUT2D eigenvalue weighted by atomic mass is 32.1. The zero-order chi connectivity index (χ0) is 16.0. The fraction of sp³-hybridized carbons (Fsp3) is 0.556. The van der Waals surface area contributed by atoms with Crippen molar-refractivity contribution in [1.29, 1.82) is 0 Å². The standard InChI is InChI=1S/C18H23N3OS/c1-11(2)17-21-14-4-3-12(9-15(14)23-17)20-16(22)13-10-18(13)5-7-19-8-6-18/h3-4,9,11,13,19H,5-8,10H2,1-2H3,(H,20,22). The molecule has 1 aromatic heterocycles. The lowest BCUT2D eigenvalue weighted by Crippen LogP contribution is -2.31. The fourth-order valence-corrected chi connectivity index (χ4v) is 4.70. The van der Waals surface area contributed by atoms with Gasteiger partial charge in [0.2, 0.25) is 5.91 Å². The van der Waals surface area contributed by atoms with Gasteiger partial charge in [-0.25, -0.2) is 4.98 Å². The summed E-state index contributed by atoms with van der Waals surface area (Å²) < 4.78 is 1.15. The van der Waals surface area contributed by atoms with Crippen LogP contribution in [0.25, 0.3) is 10.2 Å². The molecule has 1 unspecified atom stereocenters. The molecule has 4 nitrogen and oxygen atoms in total. The van der Waals surface area contributed by atoms with E-state index < -0.39 is 0 Å². The lowest BCUT2D eigenvalue weighted by molar-refractivity contribution is -0.118. The maximum atomic E-state index is 12.6. The molecule has 122 valence electrons. The summed E-state index contributed by atoms with van der Waals surface area (Å²) in [5.41, 5.74) is 2.21. The fourth-order valence-electron chi connectivity index (χ4n) is 3.69. The molecule has 0 bridgehead atoms. The van der Waals surface area contributed by atoms with Gasteiger partial charge in [-0.3, -0.25) is 4.79 Å². The van der Waals surface area contributed by atoms with Crippen molar-refractivity contribution < 1.29 is 4.79 Å². The van der Waals surface area contributed by atoms with Gasteiger partial charge in [0, 0.05) is 17.5 Å². The minimum Gasteiger partial charge on any atom is -0.326 e. The Morgan fingerprint density at radius 3 is 2.91 bits per heavy atom. The van der Waals surface area contributed by atoms with Crippen molar-refractivity contribution in [3.05, 3.63) is 23.2 Å². The van der Waals surface area contributed by atoms with Crippen LogP contribution in [0.1, 0.15) is 44.0 Å². The second-order valence-corrected chi connectivity index (χ2v) is 8.31. The Hall–Kier alpha value is -1.46. The van der Waals surface area contributed by atoms with Gasteiger partial charge in [-0.15, -0.1) is 11.3 Å². The van der Waals surface area contributed by atoms with Gasteiger partial charge < -0.3 is 10.6 Å². The molecular formula is C18H23N3OS. The van der Waals surface area contributed by atoms with E-state index in [2.05, 4.69) is 35.5 Å². The van der Waals surface area contributed by atoms with Crippen LogP contribution in [0.5, 0.6) is 0 Å². The first kappa shape index (κ1) is 15.1. The van der Waals surface area contributed by atoms with E-state index in [-0.39, 0.29) is 17.2 Å². The number of nitrogens with one attached hydrogen (secondary N) is 2.